The molecular formula is C31H38N4O5. The average Bonchev–Trinajstić information content (AvgIpc) is 3.14. The summed E-state index contributed by atoms with van der Waals surface area (Å²) >= 11 is 0. The van der Waals surface area contributed by atoms with E-state index in [1.165, 1.54) is 4.90 Å². The van der Waals surface area contributed by atoms with Crippen LogP contribution in [-0.4, -0.2) is 43.9 Å². The first kappa shape index (κ1) is 29.0. The number of allylic oxidation sites excluding steroid dienone is 3. The van der Waals surface area contributed by atoms with Crippen molar-refractivity contribution in [2.75, 3.05) is 30.0 Å². The zero-order valence-electron chi connectivity index (χ0n) is 23.5. The fourth-order valence-electron chi connectivity index (χ4n) is 4.98. The average molecular weight is 547 g/mol. The lowest BCUT2D eigenvalue weighted by Crippen LogP contribution is -2.57. The summed E-state index contributed by atoms with van der Waals surface area (Å²) in [6.07, 6.45) is 5.69. The van der Waals surface area contributed by atoms with E-state index in [1.807, 2.05) is 57.2 Å². The van der Waals surface area contributed by atoms with Gasteiger partial charge in [0.15, 0.2) is 11.8 Å². The highest BCUT2D eigenvalue weighted by Gasteiger charge is 2.53. The molecule has 0 spiro atoms. The van der Waals surface area contributed by atoms with Gasteiger partial charge in [-0.25, -0.2) is 4.79 Å². The molecule has 9 heteroatoms. The summed E-state index contributed by atoms with van der Waals surface area (Å²) in [5.74, 6) is -0.439. The Labute approximate surface area is 235 Å². The quantitative estimate of drug-likeness (QED) is 0.353. The Hall–Kier alpha value is -3.95. The van der Waals surface area contributed by atoms with Gasteiger partial charge in [-0.2, -0.15) is 0 Å². The molecule has 2 aromatic rings. The second-order valence-electron chi connectivity index (χ2n) is 10.1. The number of nitrogens with zero attached hydrogens (tertiary/aromatic N) is 1. The molecule has 1 aliphatic carbocycles. The smallest absolute Gasteiger partial charge is 0.320 e. The van der Waals surface area contributed by atoms with Crippen molar-refractivity contribution in [3.8, 4) is 0 Å². The third-order valence-electron chi connectivity index (χ3n) is 6.96. The van der Waals surface area contributed by atoms with E-state index in [0.29, 0.717) is 41.8 Å². The van der Waals surface area contributed by atoms with Gasteiger partial charge in [0.25, 0.3) is 5.91 Å². The molecule has 1 unspecified atom stereocenters. The van der Waals surface area contributed by atoms with E-state index >= 15 is 0 Å². The number of para-hydroxylation sites is 1. The SMILES string of the molecule is CCOC(CN1C(=O)[C@](CC(=O)NC2=CCC(C)C=C2)(NC(=O)Nc2ccc(C)cc2)c2ccccc21)OCC. The minimum Gasteiger partial charge on any atom is -0.351 e. The van der Waals surface area contributed by atoms with Gasteiger partial charge in [0.2, 0.25) is 5.91 Å². The number of carbonyl (C=O) groups excluding carboxylic acids is 3. The van der Waals surface area contributed by atoms with E-state index in [1.54, 1.807) is 30.3 Å². The van der Waals surface area contributed by atoms with Gasteiger partial charge >= 0.3 is 6.03 Å². The minimum atomic E-state index is -1.65. The van der Waals surface area contributed by atoms with Crippen molar-refractivity contribution in [2.24, 2.45) is 5.92 Å². The number of carbonyl (C=O) groups is 3. The molecule has 2 atom stereocenters. The van der Waals surface area contributed by atoms with Crippen LogP contribution >= 0.6 is 0 Å². The monoisotopic (exact) mass is 546 g/mol. The number of benzene rings is 2. The molecule has 40 heavy (non-hydrogen) atoms. The van der Waals surface area contributed by atoms with Crippen molar-refractivity contribution < 1.29 is 23.9 Å². The number of hydrogen-bond acceptors (Lipinski definition) is 5. The normalized spacial score (nSPS) is 19.8. The fourth-order valence-corrected chi connectivity index (χ4v) is 4.98. The molecule has 0 saturated heterocycles. The number of ether oxygens (including phenoxy) is 2. The first-order valence-electron chi connectivity index (χ1n) is 13.7. The Kier molecular flexibility index (Phi) is 9.39. The lowest BCUT2D eigenvalue weighted by Gasteiger charge is -2.31. The molecule has 0 radical (unpaired) electrons. The van der Waals surface area contributed by atoms with E-state index in [-0.39, 0.29) is 13.0 Å². The van der Waals surface area contributed by atoms with Crippen LogP contribution in [0.4, 0.5) is 16.2 Å². The molecule has 9 nitrogen and oxygen atoms in total. The number of rotatable bonds is 11. The predicted octanol–water partition coefficient (Wildman–Crippen LogP) is 4.74. The molecule has 0 aromatic heterocycles. The lowest BCUT2D eigenvalue weighted by atomic mass is 9.87. The highest BCUT2D eigenvalue weighted by molar-refractivity contribution is 6.12. The van der Waals surface area contributed by atoms with Gasteiger partial charge in [-0.1, -0.05) is 55.0 Å². The van der Waals surface area contributed by atoms with Crippen molar-refractivity contribution in [2.45, 2.75) is 52.4 Å². The summed E-state index contributed by atoms with van der Waals surface area (Å²) in [4.78, 5) is 42.6. The Bertz CT molecular complexity index is 1280. The molecule has 0 saturated carbocycles. The van der Waals surface area contributed by atoms with Crippen molar-refractivity contribution in [3.63, 3.8) is 0 Å². The van der Waals surface area contributed by atoms with Gasteiger partial charge in [-0.05, 0) is 57.4 Å². The van der Waals surface area contributed by atoms with Crippen LogP contribution in [0, 0.1) is 12.8 Å². The van der Waals surface area contributed by atoms with Crippen LogP contribution in [0.25, 0.3) is 0 Å². The molecule has 2 aromatic carbocycles. The first-order chi connectivity index (χ1) is 19.3. The number of amides is 4. The van der Waals surface area contributed by atoms with E-state index in [0.717, 1.165) is 12.0 Å². The molecule has 1 aliphatic heterocycles. The largest absolute Gasteiger partial charge is 0.351 e. The van der Waals surface area contributed by atoms with Crippen molar-refractivity contribution in [1.29, 1.82) is 0 Å². The maximum Gasteiger partial charge on any atom is 0.320 e. The Morgan fingerprint density at radius 3 is 2.40 bits per heavy atom. The summed E-state index contributed by atoms with van der Waals surface area (Å²) < 4.78 is 11.5. The van der Waals surface area contributed by atoms with Crippen molar-refractivity contribution in [3.05, 3.63) is 83.6 Å². The Morgan fingerprint density at radius 2 is 1.75 bits per heavy atom. The molecule has 212 valence electrons. The number of urea groups is 1. The summed E-state index contributed by atoms with van der Waals surface area (Å²) in [6, 6.07) is 13.9. The topological polar surface area (TPSA) is 109 Å². The molecular weight excluding hydrogens is 508 g/mol. The first-order valence-corrected chi connectivity index (χ1v) is 13.7. The Balaban J connectivity index is 1.67. The summed E-state index contributed by atoms with van der Waals surface area (Å²) in [5, 5.41) is 8.60. The van der Waals surface area contributed by atoms with Gasteiger partial charge < -0.3 is 30.3 Å². The number of hydrogen-bond donors (Lipinski definition) is 3. The molecule has 3 N–H and O–H groups in total. The van der Waals surface area contributed by atoms with Gasteiger partial charge in [0, 0.05) is 30.2 Å². The van der Waals surface area contributed by atoms with Crippen LogP contribution < -0.4 is 20.9 Å². The van der Waals surface area contributed by atoms with Crippen LogP contribution in [0.5, 0.6) is 0 Å². The molecule has 1 heterocycles. The van der Waals surface area contributed by atoms with Crippen LogP contribution in [0.2, 0.25) is 0 Å². The molecule has 4 rings (SSSR count). The van der Waals surface area contributed by atoms with Gasteiger partial charge in [-0.3, -0.25) is 9.59 Å². The van der Waals surface area contributed by atoms with Gasteiger partial charge in [0.1, 0.15) is 0 Å². The van der Waals surface area contributed by atoms with Gasteiger partial charge in [0.05, 0.1) is 18.7 Å². The lowest BCUT2D eigenvalue weighted by molar-refractivity contribution is -0.138. The highest BCUT2D eigenvalue weighted by Crippen LogP contribution is 2.43. The zero-order valence-corrected chi connectivity index (χ0v) is 23.5. The van der Waals surface area contributed by atoms with Crippen LogP contribution in [0.15, 0.2) is 72.5 Å². The van der Waals surface area contributed by atoms with E-state index in [4.69, 9.17) is 9.47 Å². The second-order valence-corrected chi connectivity index (χ2v) is 10.1. The predicted molar refractivity (Wildman–Crippen MR) is 155 cm³/mol. The molecule has 0 fully saturated rings. The molecule has 2 aliphatic rings. The Morgan fingerprint density at radius 1 is 1.05 bits per heavy atom. The van der Waals surface area contributed by atoms with Crippen LogP contribution in [0.3, 0.4) is 0 Å². The number of fused-ring (bicyclic) bond motifs is 1. The standard InChI is InChI=1S/C31H38N4O5/c1-5-39-28(40-6-2)20-35-26-10-8-7-9-25(26)31(29(35)37,19-27(36)32-23-15-11-21(3)12-16-23)34-30(38)33-24-17-13-22(4)14-18-24/h7-11,13-18,21,28H,5-6,12,19-20H2,1-4H3,(H,32,36)(H2,33,34,38)/t21?,31-/m1/s1. The van der Waals surface area contributed by atoms with Crippen molar-refractivity contribution in [1.82, 2.24) is 10.6 Å². The summed E-state index contributed by atoms with van der Waals surface area (Å²) in [5.41, 5.74) is 1.76. The van der Waals surface area contributed by atoms with Crippen LogP contribution in [0.1, 0.15) is 44.7 Å². The minimum absolute atomic E-state index is 0.105. The number of nitrogens with one attached hydrogen (secondary N) is 3. The fraction of sp³-hybridized carbons (Fsp3) is 0.387. The third kappa shape index (κ3) is 6.60. The number of anilines is 2. The maximum absolute atomic E-state index is 14.3. The molecule has 0 bridgehead atoms. The van der Waals surface area contributed by atoms with Gasteiger partial charge in [-0.15, -0.1) is 0 Å². The van der Waals surface area contributed by atoms with Crippen molar-refractivity contribution >= 4 is 29.2 Å². The summed E-state index contributed by atoms with van der Waals surface area (Å²) in [6.45, 7) is 8.67. The molecule has 4 amide bonds. The zero-order chi connectivity index (χ0) is 28.7. The maximum atomic E-state index is 14.3. The van der Waals surface area contributed by atoms with Crippen LogP contribution in [-0.2, 0) is 24.6 Å². The highest BCUT2D eigenvalue weighted by atomic mass is 16.7. The van der Waals surface area contributed by atoms with E-state index in [2.05, 4.69) is 22.9 Å². The third-order valence-corrected chi connectivity index (χ3v) is 6.96. The second kappa shape index (κ2) is 12.9. The number of aryl methyl sites for hydroxylation is 1. The van der Waals surface area contributed by atoms with E-state index in [9.17, 15) is 14.4 Å². The van der Waals surface area contributed by atoms with E-state index < -0.39 is 29.7 Å². The summed E-state index contributed by atoms with van der Waals surface area (Å²) in [7, 11) is 0.